The van der Waals surface area contributed by atoms with E-state index in [0.717, 1.165) is 11.1 Å². The van der Waals surface area contributed by atoms with Gasteiger partial charge in [0, 0.05) is 0 Å². The van der Waals surface area contributed by atoms with Gasteiger partial charge in [0.1, 0.15) is 0 Å². The van der Waals surface area contributed by atoms with Gasteiger partial charge in [0.15, 0.2) is 0 Å². The van der Waals surface area contributed by atoms with Crippen molar-refractivity contribution in [2.45, 2.75) is 26.9 Å². The van der Waals surface area contributed by atoms with Gasteiger partial charge in [0.25, 0.3) is 0 Å². The molecule has 0 N–H and O–H groups in total. The van der Waals surface area contributed by atoms with E-state index in [9.17, 15) is 0 Å². The highest BCUT2D eigenvalue weighted by molar-refractivity contribution is 6.64. The zero-order valence-electron chi connectivity index (χ0n) is 9.14. The Labute approximate surface area is 82.5 Å². The van der Waals surface area contributed by atoms with Gasteiger partial charge in [-0.05, 0) is 26.9 Å². The quantitative estimate of drug-likeness (QED) is 0.485. The Kier molecular flexibility index (Phi) is 5.21. The van der Waals surface area contributed by atoms with E-state index >= 15 is 0 Å². The van der Waals surface area contributed by atoms with Crippen LogP contribution in [0.4, 0.5) is 0 Å². The molecule has 0 atom stereocenters. The summed E-state index contributed by atoms with van der Waals surface area (Å²) in [6.07, 6.45) is 0. The second-order valence-corrected chi connectivity index (χ2v) is 7.27. The van der Waals surface area contributed by atoms with Crippen LogP contribution in [-0.2, 0) is 8.85 Å². The molecule has 0 aliphatic heterocycles. The van der Waals surface area contributed by atoms with Gasteiger partial charge in [-0.1, -0.05) is 24.3 Å². The van der Waals surface area contributed by atoms with E-state index in [1.165, 1.54) is 0 Å². The van der Waals surface area contributed by atoms with E-state index in [2.05, 4.69) is 13.2 Å². The molecular weight excluding hydrogens is 180 g/mol. The molecule has 0 spiro atoms. The van der Waals surface area contributed by atoms with Gasteiger partial charge < -0.3 is 8.85 Å². The van der Waals surface area contributed by atoms with Crippen molar-refractivity contribution in [2.24, 2.45) is 0 Å². The number of rotatable bonds is 6. The molecule has 0 rings (SSSR count). The van der Waals surface area contributed by atoms with Crippen molar-refractivity contribution in [2.75, 3.05) is 13.2 Å². The molecule has 0 saturated heterocycles. The first-order chi connectivity index (χ1) is 5.83. The molecule has 0 aromatic heterocycles. The Hall–Kier alpha value is -0.383. The van der Waals surface area contributed by atoms with Crippen molar-refractivity contribution >= 4 is 8.56 Å². The minimum absolute atomic E-state index is 0.593. The van der Waals surface area contributed by atoms with Crippen molar-refractivity contribution < 1.29 is 8.85 Å². The van der Waals surface area contributed by atoms with Crippen molar-refractivity contribution in [3.8, 4) is 0 Å². The average Bonchev–Trinajstić information content (AvgIpc) is 1.98. The SMILES string of the molecule is C=C(C)CO[Si](C)(C)OCC(=C)C. The molecule has 0 aliphatic rings. The first-order valence-corrected chi connectivity index (χ1v) is 7.22. The molecule has 0 aromatic rings. The van der Waals surface area contributed by atoms with E-state index in [1.54, 1.807) is 0 Å². The molecule has 76 valence electrons. The van der Waals surface area contributed by atoms with E-state index in [4.69, 9.17) is 8.85 Å². The topological polar surface area (TPSA) is 18.5 Å². The van der Waals surface area contributed by atoms with Crippen molar-refractivity contribution in [3.63, 3.8) is 0 Å². The lowest BCUT2D eigenvalue weighted by Gasteiger charge is -2.22. The zero-order chi connectivity index (χ0) is 10.5. The Balaban J connectivity index is 3.79. The summed E-state index contributed by atoms with van der Waals surface area (Å²) in [4.78, 5) is 0. The average molecular weight is 200 g/mol. The van der Waals surface area contributed by atoms with E-state index < -0.39 is 8.56 Å². The van der Waals surface area contributed by atoms with Crippen LogP contribution in [0, 0.1) is 0 Å². The summed E-state index contributed by atoms with van der Waals surface area (Å²) in [6, 6.07) is 0. The van der Waals surface area contributed by atoms with Crippen molar-refractivity contribution in [1.82, 2.24) is 0 Å². The highest BCUT2D eigenvalue weighted by atomic mass is 28.4. The van der Waals surface area contributed by atoms with E-state index in [-0.39, 0.29) is 0 Å². The third-order valence-electron chi connectivity index (χ3n) is 1.33. The molecular formula is C10H20O2Si. The predicted molar refractivity (Wildman–Crippen MR) is 59.0 cm³/mol. The highest BCUT2D eigenvalue weighted by Crippen LogP contribution is 2.09. The van der Waals surface area contributed by atoms with Crippen LogP contribution >= 0.6 is 0 Å². The molecule has 0 aliphatic carbocycles. The Morgan fingerprint density at radius 2 is 1.31 bits per heavy atom. The Bertz CT molecular complexity index is 177. The van der Waals surface area contributed by atoms with Crippen LogP contribution in [0.15, 0.2) is 24.3 Å². The fourth-order valence-electron chi connectivity index (χ4n) is 0.636. The fraction of sp³-hybridized carbons (Fsp3) is 0.600. The van der Waals surface area contributed by atoms with Crippen LogP contribution in [0.1, 0.15) is 13.8 Å². The number of hydrogen-bond acceptors (Lipinski definition) is 2. The maximum Gasteiger partial charge on any atom is 0.332 e. The summed E-state index contributed by atoms with van der Waals surface area (Å²) in [7, 11) is -1.95. The molecule has 0 radical (unpaired) electrons. The number of hydrogen-bond donors (Lipinski definition) is 0. The molecule has 0 unspecified atom stereocenters. The lowest BCUT2D eigenvalue weighted by Crippen LogP contribution is -2.35. The third kappa shape index (κ3) is 7.96. The van der Waals surface area contributed by atoms with Gasteiger partial charge in [-0.3, -0.25) is 0 Å². The normalized spacial score (nSPS) is 11.4. The fourth-order valence-corrected chi connectivity index (χ4v) is 1.91. The molecule has 0 saturated carbocycles. The maximum atomic E-state index is 5.62. The predicted octanol–water partition coefficient (Wildman–Crippen LogP) is 2.87. The van der Waals surface area contributed by atoms with Gasteiger partial charge in [-0.15, -0.1) is 0 Å². The molecule has 0 aromatic carbocycles. The molecule has 3 heteroatoms. The molecule has 2 nitrogen and oxygen atoms in total. The van der Waals surface area contributed by atoms with Gasteiger partial charge in [-0.25, -0.2) is 0 Å². The van der Waals surface area contributed by atoms with Gasteiger partial charge >= 0.3 is 8.56 Å². The lowest BCUT2D eigenvalue weighted by atomic mass is 10.4. The molecule has 0 amide bonds. The minimum Gasteiger partial charge on any atom is -0.390 e. The first-order valence-electron chi connectivity index (χ1n) is 4.40. The first kappa shape index (κ1) is 12.6. The van der Waals surface area contributed by atoms with Gasteiger partial charge in [-0.2, -0.15) is 0 Å². The van der Waals surface area contributed by atoms with E-state index in [0.29, 0.717) is 13.2 Å². The monoisotopic (exact) mass is 200 g/mol. The van der Waals surface area contributed by atoms with Crippen LogP contribution < -0.4 is 0 Å². The summed E-state index contributed by atoms with van der Waals surface area (Å²) >= 11 is 0. The van der Waals surface area contributed by atoms with Crippen LogP contribution in [0.2, 0.25) is 13.1 Å². The van der Waals surface area contributed by atoms with Crippen molar-refractivity contribution in [1.29, 1.82) is 0 Å². The minimum atomic E-state index is -1.95. The summed E-state index contributed by atoms with van der Waals surface area (Å²) in [6.45, 7) is 16.7. The lowest BCUT2D eigenvalue weighted by molar-refractivity contribution is 0.206. The molecule has 0 heterocycles. The summed E-state index contributed by atoms with van der Waals surface area (Å²) in [5.74, 6) is 0. The second kappa shape index (κ2) is 5.37. The molecule has 0 fully saturated rings. The second-order valence-electron chi connectivity index (χ2n) is 3.89. The summed E-state index contributed by atoms with van der Waals surface area (Å²) in [5, 5.41) is 0. The largest absolute Gasteiger partial charge is 0.390 e. The third-order valence-corrected chi connectivity index (χ3v) is 3.01. The zero-order valence-corrected chi connectivity index (χ0v) is 10.1. The van der Waals surface area contributed by atoms with Gasteiger partial charge in [0.05, 0.1) is 13.2 Å². The summed E-state index contributed by atoms with van der Waals surface area (Å²) in [5.41, 5.74) is 2.05. The van der Waals surface area contributed by atoms with Crippen LogP contribution in [0.5, 0.6) is 0 Å². The highest BCUT2D eigenvalue weighted by Gasteiger charge is 2.24. The standard InChI is InChI=1S/C10H20O2Si/c1-9(2)7-11-13(5,6)12-8-10(3)4/h1,3,7-8H2,2,4-6H3. The summed E-state index contributed by atoms with van der Waals surface area (Å²) < 4.78 is 11.2. The maximum absolute atomic E-state index is 5.62. The van der Waals surface area contributed by atoms with E-state index in [1.807, 2.05) is 26.9 Å². The van der Waals surface area contributed by atoms with Crippen LogP contribution in [-0.4, -0.2) is 21.8 Å². The van der Waals surface area contributed by atoms with Crippen LogP contribution in [0.25, 0.3) is 0 Å². The molecule has 0 bridgehead atoms. The Morgan fingerprint density at radius 3 is 1.54 bits per heavy atom. The van der Waals surface area contributed by atoms with Gasteiger partial charge in [0.2, 0.25) is 0 Å². The smallest absolute Gasteiger partial charge is 0.332 e. The van der Waals surface area contributed by atoms with Crippen molar-refractivity contribution in [3.05, 3.63) is 24.3 Å². The Morgan fingerprint density at radius 1 is 1.00 bits per heavy atom. The van der Waals surface area contributed by atoms with Crippen LogP contribution in [0.3, 0.4) is 0 Å². The molecule has 13 heavy (non-hydrogen) atoms.